The Labute approximate surface area is 87.7 Å². The summed E-state index contributed by atoms with van der Waals surface area (Å²) in [5.74, 6) is 0.626. The third kappa shape index (κ3) is 3.92. The van der Waals surface area contributed by atoms with E-state index in [4.69, 9.17) is 0 Å². The fourth-order valence-corrected chi connectivity index (χ4v) is 1.91. The summed E-state index contributed by atoms with van der Waals surface area (Å²) < 4.78 is 11.9. The van der Waals surface area contributed by atoms with Crippen LogP contribution in [0.2, 0.25) is 0 Å². The van der Waals surface area contributed by atoms with E-state index in [0.717, 1.165) is 10.5 Å². The number of hydrogen-bond donors (Lipinski definition) is 0. The Morgan fingerprint density at radius 3 is 2.93 bits per heavy atom. The highest BCUT2D eigenvalue weighted by atomic mass is 32.2. The second kappa shape index (κ2) is 5.81. The van der Waals surface area contributed by atoms with Gasteiger partial charge >= 0.3 is 0 Å². The van der Waals surface area contributed by atoms with Crippen molar-refractivity contribution in [1.29, 1.82) is 0 Å². The summed E-state index contributed by atoms with van der Waals surface area (Å²) in [6.07, 6.45) is 0.462. The summed E-state index contributed by atoms with van der Waals surface area (Å²) in [5, 5.41) is 0. The van der Waals surface area contributed by atoms with E-state index in [1.807, 2.05) is 24.3 Å². The van der Waals surface area contributed by atoms with E-state index in [0.29, 0.717) is 12.2 Å². The van der Waals surface area contributed by atoms with Crippen LogP contribution in [0.4, 0.5) is 4.39 Å². The Bertz CT molecular complexity index is 312. The van der Waals surface area contributed by atoms with E-state index in [9.17, 15) is 9.18 Å². The smallest absolute Gasteiger partial charge is 0.134 e. The van der Waals surface area contributed by atoms with Gasteiger partial charge < -0.3 is 0 Å². The maximum absolute atomic E-state index is 11.9. The van der Waals surface area contributed by atoms with Crippen LogP contribution >= 0.6 is 11.8 Å². The van der Waals surface area contributed by atoms with Gasteiger partial charge in [0.15, 0.2) is 0 Å². The van der Waals surface area contributed by atoms with E-state index in [-0.39, 0.29) is 12.5 Å². The van der Waals surface area contributed by atoms with Crippen LogP contribution in [0.15, 0.2) is 29.2 Å². The van der Waals surface area contributed by atoms with Gasteiger partial charge in [0.05, 0.1) is 6.67 Å². The lowest BCUT2D eigenvalue weighted by molar-refractivity contribution is -0.116. The molecule has 1 aromatic carbocycles. The summed E-state index contributed by atoms with van der Waals surface area (Å²) in [6.45, 7) is 1.25. The highest BCUT2D eigenvalue weighted by Gasteiger charge is 1.99. The fraction of sp³-hybridized carbons (Fsp3) is 0.364. The molecule has 14 heavy (non-hydrogen) atoms. The topological polar surface area (TPSA) is 17.1 Å². The molecule has 0 aliphatic rings. The van der Waals surface area contributed by atoms with Gasteiger partial charge in [-0.05, 0) is 24.6 Å². The molecule has 0 saturated carbocycles. The Morgan fingerprint density at radius 1 is 1.50 bits per heavy atom. The zero-order valence-corrected chi connectivity index (χ0v) is 8.94. The second-order valence-electron chi connectivity index (χ2n) is 3.06. The first-order valence-corrected chi connectivity index (χ1v) is 5.48. The molecule has 0 spiro atoms. The Balaban J connectivity index is 2.63. The van der Waals surface area contributed by atoms with Crippen LogP contribution in [0.5, 0.6) is 0 Å². The Morgan fingerprint density at radius 2 is 2.29 bits per heavy atom. The molecule has 0 aromatic heterocycles. The summed E-state index contributed by atoms with van der Waals surface area (Å²) in [7, 11) is 0. The van der Waals surface area contributed by atoms with Crippen LogP contribution in [0.1, 0.15) is 12.5 Å². The van der Waals surface area contributed by atoms with Crippen LogP contribution in [-0.4, -0.2) is 18.2 Å². The number of alkyl halides is 1. The van der Waals surface area contributed by atoms with Gasteiger partial charge in [-0.1, -0.05) is 12.1 Å². The highest BCUT2D eigenvalue weighted by Crippen LogP contribution is 2.19. The van der Waals surface area contributed by atoms with Crippen LogP contribution < -0.4 is 0 Å². The molecule has 0 bridgehead atoms. The minimum Gasteiger partial charge on any atom is -0.300 e. The maximum atomic E-state index is 11.9. The number of benzene rings is 1. The van der Waals surface area contributed by atoms with Crippen molar-refractivity contribution in [3.8, 4) is 0 Å². The number of carbonyl (C=O) groups is 1. The molecule has 0 saturated heterocycles. The van der Waals surface area contributed by atoms with E-state index in [1.54, 1.807) is 6.92 Å². The van der Waals surface area contributed by atoms with Crippen molar-refractivity contribution in [1.82, 2.24) is 0 Å². The molecule has 0 unspecified atom stereocenters. The van der Waals surface area contributed by atoms with Crippen molar-refractivity contribution >= 4 is 17.5 Å². The molecule has 0 atom stereocenters. The molecular weight excluding hydrogens is 199 g/mol. The van der Waals surface area contributed by atoms with Gasteiger partial charge in [-0.2, -0.15) is 0 Å². The minimum absolute atomic E-state index is 0.151. The lowest BCUT2D eigenvalue weighted by atomic mass is 10.1. The number of Topliss-reactive ketones (excluding diaryl/α,β-unsaturated/α-hetero) is 1. The summed E-state index contributed by atoms with van der Waals surface area (Å²) >= 11 is 1.48. The number of thioether (sulfide) groups is 1. The minimum atomic E-state index is -0.318. The van der Waals surface area contributed by atoms with Gasteiger partial charge in [-0.3, -0.25) is 9.18 Å². The third-order valence-electron chi connectivity index (χ3n) is 1.70. The standard InChI is InChI=1S/C11H13FOS/c1-9(13)7-10-3-2-4-11(8-10)14-6-5-12/h2-4,8H,5-7H2,1H3. The summed E-state index contributed by atoms with van der Waals surface area (Å²) in [4.78, 5) is 11.9. The first-order valence-electron chi connectivity index (χ1n) is 4.49. The molecule has 0 heterocycles. The van der Waals surface area contributed by atoms with Crippen molar-refractivity contribution < 1.29 is 9.18 Å². The molecule has 0 radical (unpaired) electrons. The number of carbonyl (C=O) groups excluding carboxylic acids is 1. The fourth-order valence-electron chi connectivity index (χ4n) is 1.19. The van der Waals surface area contributed by atoms with Crippen LogP contribution in [0.3, 0.4) is 0 Å². The molecule has 0 aliphatic heterocycles. The molecule has 0 N–H and O–H groups in total. The van der Waals surface area contributed by atoms with E-state index in [1.165, 1.54) is 11.8 Å². The van der Waals surface area contributed by atoms with Gasteiger partial charge in [0.25, 0.3) is 0 Å². The molecule has 0 fully saturated rings. The quantitative estimate of drug-likeness (QED) is 0.698. The van der Waals surface area contributed by atoms with Crippen molar-refractivity contribution in [3.63, 3.8) is 0 Å². The van der Waals surface area contributed by atoms with Crippen LogP contribution in [0, 0.1) is 0 Å². The van der Waals surface area contributed by atoms with Gasteiger partial charge in [0, 0.05) is 17.1 Å². The highest BCUT2D eigenvalue weighted by molar-refractivity contribution is 7.99. The monoisotopic (exact) mass is 212 g/mol. The molecule has 76 valence electrons. The molecule has 1 rings (SSSR count). The van der Waals surface area contributed by atoms with Crippen LogP contribution in [0.25, 0.3) is 0 Å². The Hall–Kier alpha value is -0.830. The van der Waals surface area contributed by atoms with Crippen molar-refractivity contribution in [2.75, 3.05) is 12.4 Å². The normalized spacial score (nSPS) is 10.1. The van der Waals surface area contributed by atoms with Gasteiger partial charge in [0.1, 0.15) is 5.78 Å². The van der Waals surface area contributed by atoms with Crippen LogP contribution in [-0.2, 0) is 11.2 Å². The number of halogens is 1. The van der Waals surface area contributed by atoms with Crippen molar-refractivity contribution in [2.24, 2.45) is 0 Å². The summed E-state index contributed by atoms with van der Waals surface area (Å²) in [5.41, 5.74) is 1.00. The van der Waals surface area contributed by atoms with Gasteiger partial charge in [0.2, 0.25) is 0 Å². The molecule has 1 nitrogen and oxygen atoms in total. The van der Waals surface area contributed by atoms with Gasteiger partial charge in [-0.15, -0.1) is 11.8 Å². The molecule has 3 heteroatoms. The number of hydrogen-bond acceptors (Lipinski definition) is 2. The predicted octanol–water partition coefficient (Wildman–Crippen LogP) is 2.88. The molecular formula is C11H13FOS. The lowest BCUT2D eigenvalue weighted by Gasteiger charge is -2.02. The van der Waals surface area contributed by atoms with E-state index in [2.05, 4.69) is 0 Å². The first-order chi connectivity index (χ1) is 6.72. The number of rotatable bonds is 5. The zero-order chi connectivity index (χ0) is 10.4. The molecule has 0 aliphatic carbocycles. The number of ketones is 1. The summed E-state index contributed by atoms with van der Waals surface area (Å²) in [6, 6.07) is 7.70. The Kier molecular flexibility index (Phi) is 4.66. The SMILES string of the molecule is CC(=O)Cc1cccc(SCCF)c1. The molecule has 0 amide bonds. The van der Waals surface area contributed by atoms with E-state index < -0.39 is 0 Å². The predicted molar refractivity (Wildman–Crippen MR) is 57.5 cm³/mol. The third-order valence-corrected chi connectivity index (χ3v) is 2.64. The largest absolute Gasteiger partial charge is 0.300 e. The average molecular weight is 212 g/mol. The van der Waals surface area contributed by atoms with Crippen molar-refractivity contribution in [3.05, 3.63) is 29.8 Å². The lowest BCUT2D eigenvalue weighted by Crippen LogP contribution is -1.95. The average Bonchev–Trinajstić information content (AvgIpc) is 2.14. The van der Waals surface area contributed by atoms with Crippen molar-refractivity contribution in [2.45, 2.75) is 18.2 Å². The van der Waals surface area contributed by atoms with E-state index >= 15 is 0 Å². The second-order valence-corrected chi connectivity index (χ2v) is 4.23. The molecule has 1 aromatic rings. The zero-order valence-electron chi connectivity index (χ0n) is 8.13. The van der Waals surface area contributed by atoms with Gasteiger partial charge in [-0.25, -0.2) is 0 Å². The first kappa shape index (κ1) is 11.2. The maximum Gasteiger partial charge on any atom is 0.134 e.